The molecule has 1 amide bonds. The summed E-state index contributed by atoms with van der Waals surface area (Å²) >= 11 is 0. The van der Waals surface area contributed by atoms with Gasteiger partial charge < -0.3 is 10.2 Å². The van der Waals surface area contributed by atoms with Crippen molar-refractivity contribution in [2.45, 2.75) is 20.3 Å². The van der Waals surface area contributed by atoms with Gasteiger partial charge in [-0.3, -0.25) is 9.78 Å². The van der Waals surface area contributed by atoms with Gasteiger partial charge in [0, 0.05) is 29.9 Å². The molecule has 0 atom stereocenters. The first kappa shape index (κ1) is 17.2. The fourth-order valence-corrected chi connectivity index (χ4v) is 2.40. The molecule has 23 heavy (non-hydrogen) atoms. The zero-order valence-corrected chi connectivity index (χ0v) is 14.4. The van der Waals surface area contributed by atoms with Crippen molar-refractivity contribution >= 4 is 5.91 Å². The van der Waals surface area contributed by atoms with Crippen molar-refractivity contribution in [1.29, 1.82) is 0 Å². The molecule has 0 saturated heterocycles. The Bertz CT molecular complexity index is 680. The molecule has 1 heterocycles. The number of nitrogens with zero attached hydrogens (tertiary/aromatic N) is 2. The number of hydrogen-bond acceptors (Lipinski definition) is 3. The van der Waals surface area contributed by atoms with Crippen molar-refractivity contribution in [3.05, 3.63) is 53.2 Å². The van der Waals surface area contributed by atoms with Crippen LogP contribution in [0.15, 0.2) is 36.4 Å². The zero-order valence-electron chi connectivity index (χ0n) is 14.4. The van der Waals surface area contributed by atoms with Crippen molar-refractivity contribution in [2.75, 3.05) is 27.2 Å². The van der Waals surface area contributed by atoms with Gasteiger partial charge in [-0.05, 0) is 51.2 Å². The van der Waals surface area contributed by atoms with Crippen LogP contribution in [0.4, 0.5) is 0 Å². The van der Waals surface area contributed by atoms with Crippen LogP contribution in [0.2, 0.25) is 0 Å². The zero-order chi connectivity index (χ0) is 16.8. The molecule has 0 saturated carbocycles. The number of benzene rings is 1. The van der Waals surface area contributed by atoms with E-state index in [1.165, 1.54) is 5.56 Å². The van der Waals surface area contributed by atoms with Crippen molar-refractivity contribution < 1.29 is 4.79 Å². The highest BCUT2D eigenvalue weighted by Crippen LogP contribution is 2.20. The van der Waals surface area contributed by atoms with E-state index in [1.54, 1.807) is 0 Å². The molecule has 1 N–H and O–H groups in total. The molecule has 0 aliphatic heterocycles. The molecule has 0 unspecified atom stereocenters. The van der Waals surface area contributed by atoms with Gasteiger partial charge in [0.05, 0.1) is 5.69 Å². The van der Waals surface area contributed by atoms with E-state index in [9.17, 15) is 4.79 Å². The van der Waals surface area contributed by atoms with E-state index in [0.29, 0.717) is 12.1 Å². The van der Waals surface area contributed by atoms with Gasteiger partial charge in [0.2, 0.25) is 0 Å². The van der Waals surface area contributed by atoms with Crippen molar-refractivity contribution in [3.8, 4) is 11.3 Å². The summed E-state index contributed by atoms with van der Waals surface area (Å²) in [7, 11) is 3.97. The third-order valence-corrected chi connectivity index (χ3v) is 3.80. The Morgan fingerprint density at radius 1 is 1.22 bits per heavy atom. The standard InChI is InChI=1S/C19H25N3O/c1-5-17-14(2)9-10-18(21-17)15-7-6-8-16(13-15)19(23)20-11-12-22(3)4/h6-10,13H,5,11-12H2,1-4H3,(H,20,23). The Morgan fingerprint density at radius 2 is 2.00 bits per heavy atom. The molecule has 2 aromatic rings. The lowest BCUT2D eigenvalue weighted by atomic mass is 10.0. The molecule has 1 aromatic heterocycles. The van der Waals surface area contributed by atoms with Crippen LogP contribution in [0.25, 0.3) is 11.3 Å². The lowest BCUT2D eigenvalue weighted by Crippen LogP contribution is -2.31. The van der Waals surface area contributed by atoms with E-state index in [2.05, 4.69) is 25.2 Å². The Balaban J connectivity index is 2.18. The molecular weight excluding hydrogens is 286 g/mol. The minimum Gasteiger partial charge on any atom is -0.351 e. The predicted molar refractivity (Wildman–Crippen MR) is 94.7 cm³/mol. The van der Waals surface area contributed by atoms with Crippen LogP contribution in [-0.4, -0.2) is 43.0 Å². The molecule has 0 aliphatic carbocycles. The Morgan fingerprint density at radius 3 is 2.70 bits per heavy atom. The van der Waals surface area contributed by atoms with E-state index in [1.807, 2.05) is 49.3 Å². The number of rotatable bonds is 6. The number of likely N-dealkylation sites (N-methyl/N-ethyl adjacent to an activating group) is 1. The van der Waals surface area contributed by atoms with Crippen LogP contribution in [0.5, 0.6) is 0 Å². The van der Waals surface area contributed by atoms with E-state index in [4.69, 9.17) is 4.98 Å². The molecule has 0 bridgehead atoms. The summed E-state index contributed by atoms with van der Waals surface area (Å²) in [5, 5.41) is 2.94. The third-order valence-electron chi connectivity index (χ3n) is 3.80. The monoisotopic (exact) mass is 311 g/mol. The average Bonchev–Trinajstić information content (AvgIpc) is 2.55. The molecule has 1 aromatic carbocycles. The fourth-order valence-electron chi connectivity index (χ4n) is 2.40. The number of nitrogens with one attached hydrogen (secondary N) is 1. The summed E-state index contributed by atoms with van der Waals surface area (Å²) in [6.07, 6.45) is 0.907. The van der Waals surface area contributed by atoms with Crippen LogP contribution >= 0.6 is 0 Å². The molecule has 2 rings (SSSR count). The van der Waals surface area contributed by atoms with Gasteiger partial charge in [0.25, 0.3) is 5.91 Å². The lowest BCUT2D eigenvalue weighted by Gasteiger charge is -2.11. The Hall–Kier alpha value is -2.20. The summed E-state index contributed by atoms with van der Waals surface area (Å²) in [6, 6.07) is 11.7. The van der Waals surface area contributed by atoms with E-state index >= 15 is 0 Å². The second kappa shape index (κ2) is 7.88. The van der Waals surface area contributed by atoms with Crippen molar-refractivity contribution in [1.82, 2.24) is 15.2 Å². The average molecular weight is 311 g/mol. The molecule has 0 aliphatic rings. The number of carbonyl (C=O) groups excluding carboxylic acids is 1. The molecule has 4 heteroatoms. The van der Waals surface area contributed by atoms with Crippen LogP contribution in [0, 0.1) is 6.92 Å². The molecule has 122 valence electrons. The highest BCUT2D eigenvalue weighted by Gasteiger charge is 2.08. The molecule has 0 spiro atoms. The maximum absolute atomic E-state index is 12.2. The number of aromatic nitrogens is 1. The minimum absolute atomic E-state index is 0.0449. The van der Waals surface area contributed by atoms with E-state index < -0.39 is 0 Å². The van der Waals surface area contributed by atoms with Gasteiger partial charge in [-0.25, -0.2) is 0 Å². The van der Waals surface area contributed by atoms with Crippen LogP contribution in [0.1, 0.15) is 28.5 Å². The number of carbonyl (C=O) groups is 1. The maximum Gasteiger partial charge on any atom is 0.251 e. The van der Waals surface area contributed by atoms with Gasteiger partial charge >= 0.3 is 0 Å². The highest BCUT2D eigenvalue weighted by molar-refractivity contribution is 5.95. The highest BCUT2D eigenvalue weighted by atomic mass is 16.1. The Kier molecular flexibility index (Phi) is 5.88. The second-order valence-electron chi connectivity index (χ2n) is 5.95. The van der Waals surface area contributed by atoms with Crippen molar-refractivity contribution in [2.24, 2.45) is 0 Å². The summed E-state index contributed by atoms with van der Waals surface area (Å²) in [5.41, 5.74) is 4.86. The number of hydrogen-bond donors (Lipinski definition) is 1. The summed E-state index contributed by atoms with van der Waals surface area (Å²) in [6.45, 7) is 5.64. The first-order valence-corrected chi connectivity index (χ1v) is 8.01. The molecule has 0 fully saturated rings. The molecular formula is C19H25N3O. The number of aryl methyl sites for hydroxylation is 2. The van der Waals surface area contributed by atoms with Crippen LogP contribution in [0.3, 0.4) is 0 Å². The summed E-state index contributed by atoms with van der Waals surface area (Å²) in [4.78, 5) is 19.0. The predicted octanol–water partition coefficient (Wildman–Crippen LogP) is 2.91. The largest absolute Gasteiger partial charge is 0.351 e. The first-order valence-electron chi connectivity index (χ1n) is 8.01. The smallest absolute Gasteiger partial charge is 0.251 e. The summed E-state index contributed by atoms with van der Waals surface area (Å²) in [5.74, 6) is -0.0449. The van der Waals surface area contributed by atoms with Crippen LogP contribution < -0.4 is 5.32 Å². The van der Waals surface area contributed by atoms with Crippen molar-refractivity contribution in [3.63, 3.8) is 0 Å². The topological polar surface area (TPSA) is 45.2 Å². The SMILES string of the molecule is CCc1nc(-c2cccc(C(=O)NCCN(C)C)c2)ccc1C. The summed E-state index contributed by atoms with van der Waals surface area (Å²) < 4.78 is 0. The van der Waals surface area contributed by atoms with Gasteiger partial charge in [-0.15, -0.1) is 0 Å². The first-order chi connectivity index (χ1) is 11.0. The third kappa shape index (κ3) is 4.63. The lowest BCUT2D eigenvalue weighted by molar-refractivity contribution is 0.0951. The Labute approximate surface area is 138 Å². The normalized spacial score (nSPS) is 10.8. The minimum atomic E-state index is -0.0449. The van der Waals surface area contributed by atoms with E-state index in [-0.39, 0.29) is 5.91 Å². The van der Waals surface area contributed by atoms with Gasteiger partial charge in [0.15, 0.2) is 0 Å². The maximum atomic E-state index is 12.2. The molecule has 4 nitrogen and oxygen atoms in total. The van der Waals surface area contributed by atoms with Gasteiger partial charge in [-0.2, -0.15) is 0 Å². The van der Waals surface area contributed by atoms with Crippen LogP contribution in [-0.2, 0) is 6.42 Å². The fraction of sp³-hybridized carbons (Fsp3) is 0.368. The molecule has 0 radical (unpaired) electrons. The van der Waals surface area contributed by atoms with Gasteiger partial charge in [0.1, 0.15) is 0 Å². The van der Waals surface area contributed by atoms with Gasteiger partial charge in [-0.1, -0.05) is 25.1 Å². The second-order valence-corrected chi connectivity index (χ2v) is 5.95. The quantitative estimate of drug-likeness (QED) is 0.892. The van der Waals surface area contributed by atoms with E-state index in [0.717, 1.165) is 29.9 Å². The number of amides is 1. The number of pyridine rings is 1.